The molecule has 0 saturated carbocycles. The van der Waals surface area contributed by atoms with Crippen LogP contribution in [0.1, 0.15) is 5.56 Å². The van der Waals surface area contributed by atoms with Gasteiger partial charge < -0.3 is 20.1 Å². The zero-order valence-electron chi connectivity index (χ0n) is 23.1. The van der Waals surface area contributed by atoms with Crippen molar-refractivity contribution >= 4 is 65.0 Å². The Hall–Kier alpha value is -1.15. The predicted octanol–water partition coefficient (Wildman–Crippen LogP) is -5.76. The SMILES string of the molecule is O=C(CNC(=O)Cc1cccc(Cl)c1)NCCO[C@@H]1O[C@H](COS(=O)(=O)O)[C@@H](OS(=O)(=O)O)[C@H](OS(=O)(=O)O)[C@@H]1OS(=O)(=O)O.[Na+]. The molecule has 22 nitrogen and oxygen atoms in total. The molecule has 2 rings (SSSR count). The van der Waals surface area contributed by atoms with Gasteiger partial charge in [0.25, 0.3) is 0 Å². The molecule has 0 radical (unpaired) electrons. The Bertz CT molecular complexity index is 1640. The predicted molar refractivity (Wildman–Crippen MR) is 143 cm³/mol. The fraction of sp³-hybridized carbons (Fsp3) is 0.556. The fourth-order valence-corrected chi connectivity index (χ4v) is 5.57. The zero-order valence-corrected chi connectivity index (χ0v) is 29.1. The fourth-order valence-electron chi connectivity index (χ4n) is 3.55. The van der Waals surface area contributed by atoms with Crippen molar-refractivity contribution in [2.24, 2.45) is 0 Å². The van der Waals surface area contributed by atoms with Gasteiger partial charge in [-0.3, -0.25) is 27.8 Å². The van der Waals surface area contributed by atoms with Gasteiger partial charge in [-0.1, -0.05) is 23.7 Å². The van der Waals surface area contributed by atoms with Gasteiger partial charge in [-0.15, -0.1) is 0 Å². The van der Waals surface area contributed by atoms with Crippen LogP contribution in [-0.2, 0) is 83.8 Å². The van der Waals surface area contributed by atoms with Gasteiger partial charge >= 0.3 is 71.2 Å². The Labute approximate surface area is 289 Å². The summed E-state index contributed by atoms with van der Waals surface area (Å²) in [6.45, 7) is -3.12. The van der Waals surface area contributed by atoms with Crippen molar-refractivity contribution in [3.63, 3.8) is 0 Å². The van der Waals surface area contributed by atoms with E-state index in [4.69, 9.17) is 30.2 Å². The van der Waals surface area contributed by atoms with Crippen LogP contribution >= 0.6 is 11.6 Å². The quantitative estimate of drug-likeness (QED) is 0.0488. The van der Waals surface area contributed by atoms with Gasteiger partial charge in [-0.25, -0.2) is 16.7 Å². The first-order valence-corrected chi connectivity index (χ1v) is 17.5. The van der Waals surface area contributed by atoms with Crippen LogP contribution in [-0.4, -0.2) is 121 Å². The number of carbonyl (C=O) groups is 2. The monoisotopic (exact) mass is 775 g/mol. The van der Waals surface area contributed by atoms with Crippen LogP contribution in [0.2, 0.25) is 5.02 Å². The van der Waals surface area contributed by atoms with E-state index < -0.39 is 110 Å². The molecular weight excluding hydrogens is 751 g/mol. The van der Waals surface area contributed by atoms with E-state index in [0.717, 1.165) is 0 Å². The summed E-state index contributed by atoms with van der Waals surface area (Å²) in [5, 5.41) is 4.96. The topological polar surface area (TPSA) is 331 Å². The van der Waals surface area contributed by atoms with Gasteiger partial charge in [0.2, 0.25) is 11.8 Å². The average molecular weight is 776 g/mol. The first-order valence-electron chi connectivity index (χ1n) is 11.6. The molecule has 1 saturated heterocycles. The molecule has 0 spiro atoms. The molecule has 0 bridgehead atoms. The second-order valence-corrected chi connectivity index (χ2v) is 13.2. The van der Waals surface area contributed by atoms with Crippen molar-refractivity contribution in [2.75, 3.05) is 26.3 Å². The third kappa shape index (κ3) is 17.3. The summed E-state index contributed by atoms with van der Waals surface area (Å²) in [4.78, 5) is 24.1. The molecule has 1 aliphatic heterocycles. The molecule has 2 amide bonds. The standard InChI is InChI=1S/C18H25ClN2O20S4.Na/c19-11-3-1-2-10(6-11)7-13(22)21-8-14(23)20-4-5-36-18-17(41-45(33,34)35)16(40-44(30,31)32)15(39-43(27,28)29)12(38-18)9-37-42(24,25)26;/h1-3,6,12,15-18H,4-5,7-9H2,(H,20,23)(H,21,22)(H,24,25,26)(H,27,28,29)(H,30,31,32)(H,33,34,35);/q;+1/t12-,15-,16+,17+,18-;/m1./s1. The Balaban J connectivity index is 0.0000106. The maximum Gasteiger partial charge on any atom is 1.00 e. The van der Waals surface area contributed by atoms with E-state index in [0.29, 0.717) is 10.6 Å². The first-order chi connectivity index (χ1) is 20.5. The maximum absolute atomic E-state index is 12.1. The van der Waals surface area contributed by atoms with Gasteiger partial charge in [0.15, 0.2) is 12.4 Å². The Morgan fingerprint density at radius 3 is 1.91 bits per heavy atom. The molecule has 1 aliphatic rings. The molecule has 0 aromatic heterocycles. The molecule has 5 atom stereocenters. The first kappa shape index (κ1) is 42.9. The number of ether oxygens (including phenoxy) is 2. The minimum atomic E-state index is -5.69. The van der Waals surface area contributed by atoms with Gasteiger partial charge in [0.05, 0.1) is 26.2 Å². The minimum absolute atomic E-state index is 0. The summed E-state index contributed by atoms with van der Waals surface area (Å²) in [7, 11) is -22.3. The number of hydrogen-bond donors (Lipinski definition) is 6. The summed E-state index contributed by atoms with van der Waals surface area (Å²) in [6.07, 6.45) is -12.7. The van der Waals surface area contributed by atoms with Crippen LogP contribution in [0.3, 0.4) is 0 Å². The average Bonchev–Trinajstić information content (AvgIpc) is 2.84. The molecular formula is C18H25ClN2NaO20S4+. The van der Waals surface area contributed by atoms with E-state index in [1.54, 1.807) is 18.2 Å². The Morgan fingerprint density at radius 2 is 1.37 bits per heavy atom. The van der Waals surface area contributed by atoms with Gasteiger partial charge in [-0.05, 0) is 17.7 Å². The van der Waals surface area contributed by atoms with Gasteiger partial charge in [0, 0.05) is 11.6 Å². The largest absolute Gasteiger partial charge is 1.00 e. The summed E-state index contributed by atoms with van der Waals surface area (Å²) in [5.41, 5.74) is 0.559. The van der Waals surface area contributed by atoms with Crippen LogP contribution in [0.25, 0.3) is 0 Å². The van der Waals surface area contributed by atoms with Crippen molar-refractivity contribution in [1.82, 2.24) is 10.6 Å². The molecule has 46 heavy (non-hydrogen) atoms. The number of amides is 2. The maximum atomic E-state index is 12.1. The smallest absolute Gasteiger partial charge is 0.352 e. The second kappa shape index (κ2) is 18.0. The molecule has 28 heteroatoms. The summed E-state index contributed by atoms with van der Waals surface area (Å²) < 4.78 is 154. The van der Waals surface area contributed by atoms with E-state index in [1.165, 1.54) is 6.07 Å². The molecule has 0 aliphatic carbocycles. The number of rotatable bonds is 17. The molecule has 1 fully saturated rings. The molecule has 1 aromatic carbocycles. The summed E-state index contributed by atoms with van der Waals surface area (Å²) in [5.74, 6) is -1.32. The minimum Gasteiger partial charge on any atom is -0.352 e. The van der Waals surface area contributed by atoms with Crippen LogP contribution in [0.4, 0.5) is 0 Å². The van der Waals surface area contributed by atoms with E-state index >= 15 is 0 Å². The zero-order chi connectivity index (χ0) is 34.2. The van der Waals surface area contributed by atoms with Crippen molar-refractivity contribution in [1.29, 1.82) is 0 Å². The molecule has 258 valence electrons. The van der Waals surface area contributed by atoms with Gasteiger partial charge in [0.1, 0.15) is 18.3 Å². The van der Waals surface area contributed by atoms with E-state index in [2.05, 4.69) is 27.4 Å². The number of carbonyl (C=O) groups excluding carboxylic acids is 2. The van der Waals surface area contributed by atoms with Crippen LogP contribution in [0.5, 0.6) is 0 Å². The van der Waals surface area contributed by atoms with Crippen LogP contribution in [0.15, 0.2) is 24.3 Å². The number of halogens is 1. The van der Waals surface area contributed by atoms with Crippen molar-refractivity contribution < 1.29 is 117 Å². The summed E-state index contributed by atoms with van der Waals surface area (Å²) >= 11 is 5.84. The third-order valence-corrected chi connectivity index (χ3v) is 7.14. The van der Waals surface area contributed by atoms with E-state index in [9.17, 15) is 52.4 Å². The van der Waals surface area contributed by atoms with E-state index in [-0.39, 0.29) is 36.0 Å². The normalized spacial score (nSPS) is 22.4. The molecule has 0 unspecified atom stereocenters. The third-order valence-electron chi connectivity index (χ3n) is 5.08. The molecule has 1 heterocycles. The van der Waals surface area contributed by atoms with Crippen LogP contribution in [0, 0.1) is 0 Å². The summed E-state index contributed by atoms with van der Waals surface area (Å²) in [6, 6.07) is 6.36. The van der Waals surface area contributed by atoms with Crippen LogP contribution < -0.4 is 40.2 Å². The second-order valence-electron chi connectivity index (χ2n) is 8.53. The van der Waals surface area contributed by atoms with Crippen molar-refractivity contribution in [3.05, 3.63) is 34.9 Å². The van der Waals surface area contributed by atoms with Crippen molar-refractivity contribution in [2.45, 2.75) is 37.1 Å². The van der Waals surface area contributed by atoms with Gasteiger partial charge in [-0.2, -0.15) is 33.7 Å². The van der Waals surface area contributed by atoms with Crippen molar-refractivity contribution in [3.8, 4) is 0 Å². The Morgan fingerprint density at radius 1 is 0.804 bits per heavy atom. The molecule has 1 aromatic rings. The molecule has 6 N–H and O–H groups in total. The number of hydrogen-bond acceptors (Lipinski definition) is 16. The number of nitrogens with one attached hydrogen (secondary N) is 2. The van der Waals surface area contributed by atoms with E-state index in [1.807, 2.05) is 0 Å². The Kier molecular flexibility index (Phi) is 16.8. The number of benzene rings is 1.